The molecule has 0 bridgehead atoms. The van der Waals surface area contributed by atoms with Crippen molar-refractivity contribution in [2.24, 2.45) is 0 Å². The first kappa shape index (κ1) is 11.9. The molecule has 1 aromatic rings. The summed E-state index contributed by atoms with van der Waals surface area (Å²) in [5.74, 6) is 0.158. The summed E-state index contributed by atoms with van der Waals surface area (Å²) in [5, 5.41) is 0. The molecule has 3 nitrogen and oxygen atoms in total. The molecule has 15 heavy (non-hydrogen) atoms. The Kier molecular flexibility index (Phi) is 4.49. The van der Waals surface area contributed by atoms with Gasteiger partial charge in [0.1, 0.15) is 11.3 Å². The van der Waals surface area contributed by atoms with Gasteiger partial charge in [0.05, 0.1) is 13.2 Å². The summed E-state index contributed by atoms with van der Waals surface area (Å²) >= 11 is 4.17. The minimum atomic E-state index is -0.378. The third-order valence-corrected chi connectivity index (χ3v) is 2.04. The topological polar surface area (TPSA) is 35.5 Å². The van der Waals surface area contributed by atoms with E-state index in [0.717, 1.165) is 0 Å². The largest absolute Gasteiger partial charge is 0.493 e. The number of hydrogen-bond donors (Lipinski definition) is 1. The van der Waals surface area contributed by atoms with E-state index in [1.807, 2.05) is 6.92 Å². The Morgan fingerprint density at radius 2 is 2.07 bits per heavy atom. The highest BCUT2D eigenvalue weighted by molar-refractivity contribution is 7.80. The van der Waals surface area contributed by atoms with Crippen LogP contribution in [0.2, 0.25) is 0 Å². The quantitative estimate of drug-likeness (QED) is 0.633. The Bertz CT molecular complexity index is 350. The number of ether oxygens (including phenoxy) is 2. The predicted octanol–water partition coefficient (Wildman–Crippen LogP) is 2.55. The molecular formula is C11H14O3S. The van der Waals surface area contributed by atoms with Gasteiger partial charge < -0.3 is 9.47 Å². The molecule has 0 unspecified atom stereocenters. The van der Waals surface area contributed by atoms with Gasteiger partial charge in [0, 0.05) is 4.90 Å². The zero-order valence-electron chi connectivity index (χ0n) is 8.82. The average Bonchev–Trinajstić information content (AvgIpc) is 2.21. The van der Waals surface area contributed by atoms with Gasteiger partial charge in [-0.15, -0.1) is 12.6 Å². The molecular weight excluding hydrogens is 212 g/mol. The monoisotopic (exact) mass is 226 g/mol. The second-order valence-electron chi connectivity index (χ2n) is 2.83. The third-order valence-electron chi connectivity index (χ3n) is 1.76. The number of hydrogen-bond acceptors (Lipinski definition) is 4. The van der Waals surface area contributed by atoms with Gasteiger partial charge in [0.15, 0.2) is 0 Å². The second kappa shape index (κ2) is 5.66. The highest BCUT2D eigenvalue weighted by Gasteiger charge is 2.13. The molecule has 4 heteroatoms. The molecule has 82 valence electrons. The highest BCUT2D eigenvalue weighted by atomic mass is 32.1. The minimum Gasteiger partial charge on any atom is -0.493 e. The summed E-state index contributed by atoms with van der Waals surface area (Å²) in [6, 6.07) is 5.14. The molecule has 0 saturated heterocycles. The van der Waals surface area contributed by atoms with Crippen LogP contribution in [-0.2, 0) is 4.74 Å². The van der Waals surface area contributed by atoms with Gasteiger partial charge in [-0.3, -0.25) is 0 Å². The molecule has 0 aliphatic rings. The smallest absolute Gasteiger partial charge is 0.341 e. The van der Waals surface area contributed by atoms with Crippen LogP contribution in [0.25, 0.3) is 0 Å². The fraction of sp³-hybridized carbons (Fsp3) is 0.364. The molecule has 0 amide bonds. The summed E-state index contributed by atoms with van der Waals surface area (Å²) in [6.07, 6.45) is 0. The van der Waals surface area contributed by atoms with E-state index in [0.29, 0.717) is 29.4 Å². The van der Waals surface area contributed by atoms with Crippen LogP contribution in [0.4, 0.5) is 0 Å². The molecule has 0 aliphatic heterocycles. The van der Waals surface area contributed by atoms with Gasteiger partial charge in [0.25, 0.3) is 0 Å². The Balaban J connectivity index is 3.00. The molecule has 0 spiro atoms. The van der Waals surface area contributed by atoms with Crippen LogP contribution in [0.1, 0.15) is 24.2 Å². The first-order valence-corrected chi connectivity index (χ1v) is 5.26. The van der Waals surface area contributed by atoms with Crippen LogP contribution in [0.5, 0.6) is 5.75 Å². The molecule has 0 N–H and O–H groups in total. The van der Waals surface area contributed by atoms with Crippen molar-refractivity contribution >= 4 is 18.6 Å². The second-order valence-corrected chi connectivity index (χ2v) is 3.35. The van der Waals surface area contributed by atoms with E-state index in [9.17, 15) is 4.79 Å². The minimum absolute atomic E-state index is 0.348. The van der Waals surface area contributed by atoms with Crippen molar-refractivity contribution in [3.63, 3.8) is 0 Å². The standard InChI is InChI=1S/C11H14O3S/c1-3-13-10-6-5-8(15)7-9(10)11(12)14-4-2/h5-7,15H,3-4H2,1-2H3. The molecule has 0 aliphatic carbocycles. The number of esters is 1. The van der Waals surface area contributed by atoms with Gasteiger partial charge in [-0.2, -0.15) is 0 Å². The maximum absolute atomic E-state index is 11.6. The number of benzene rings is 1. The van der Waals surface area contributed by atoms with Crippen LogP contribution in [-0.4, -0.2) is 19.2 Å². The van der Waals surface area contributed by atoms with Crippen LogP contribution in [0, 0.1) is 0 Å². The normalized spacial score (nSPS) is 9.80. The average molecular weight is 226 g/mol. The Morgan fingerprint density at radius 3 is 2.67 bits per heavy atom. The van der Waals surface area contributed by atoms with Crippen LogP contribution < -0.4 is 4.74 Å². The van der Waals surface area contributed by atoms with Crippen molar-refractivity contribution in [3.05, 3.63) is 23.8 Å². The summed E-state index contributed by atoms with van der Waals surface area (Å²) in [4.78, 5) is 12.3. The lowest BCUT2D eigenvalue weighted by Crippen LogP contribution is -2.07. The van der Waals surface area contributed by atoms with Gasteiger partial charge in [0.2, 0.25) is 0 Å². The SMILES string of the molecule is CCOC(=O)c1cc(S)ccc1OCC. The van der Waals surface area contributed by atoms with E-state index < -0.39 is 0 Å². The molecule has 0 radical (unpaired) electrons. The lowest BCUT2D eigenvalue weighted by molar-refractivity contribution is 0.0521. The Morgan fingerprint density at radius 1 is 1.33 bits per heavy atom. The number of carbonyl (C=O) groups excluding carboxylic acids is 1. The van der Waals surface area contributed by atoms with Crippen molar-refractivity contribution in [3.8, 4) is 5.75 Å². The summed E-state index contributed by atoms with van der Waals surface area (Å²) < 4.78 is 10.2. The van der Waals surface area contributed by atoms with Crippen LogP contribution in [0.3, 0.4) is 0 Å². The summed E-state index contributed by atoms with van der Waals surface area (Å²) in [5.41, 5.74) is 0.422. The van der Waals surface area contributed by atoms with E-state index >= 15 is 0 Å². The van der Waals surface area contributed by atoms with Crippen LogP contribution in [0.15, 0.2) is 23.1 Å². The molecule has 1 aromatic carbocycles. The van der Waals surface area contributed by atoms with E-state index in [1.54, 1.807) is 25.1 Å². The lowest BCUT2D eigenvalue weighted by Gasteiger charge is -2.09. The maximum atomic E-state index is 11.6. The first-order valence-electron chi connectivity index (χ1n) is 4.82. The molecule has 0 aromatic heterocycles. The van der Waals surface area contributed by atoms with Crippen molar-refractivity contribution < 1.29 is 14.3 Å². The van der Waals surface area contributed by atoms with E-state index in [-0.39, 0.29) is 5.97 Å². The molecule has 0 fully saturated rings. The van der Waals surface area contributed by atoms with Gasteiger partial charge in [-0.1, -0.05) is 0 Å². The van der Waals surface area contributed by atoms with Crippen molar-refractivity contribution in [2.75, 3.05) is 13.2 Å². The number of carbonyl (C=O) groups is 1. The van der Waals surface area contributed by atoms with Gasteiger partial charge in [-0.25, -0.2) is 4.79 Å². The Hall–Kier alpha value is -1.16. The molecule has 0 heterocycles. The molecule has 1 rings (SSSR count). The van der Waals surface area contributed by atoms with E-state index in [2.05, 4.69) is 12.6 Å². The number of thiol groups is 1. The highest BCUT2D eigenvalue weighted by Crippen LogP contribution is 2.22. The molecule has 0 atom stereocenters. The summed E-state index contributed by atoms with van der Waals surface area (Å²) in [7, 11) is 0. The summed E-state index contributed by atoms with van der Waals surface area (Å²) in [6.45, 7) is 4.49. The molecule has 0 saturated carbocycles. The number of rotatable bonds is 4. The fourth-order valence-corrected chi connectivity index (χ4v) is 1.37. The third kappa shape index (κ3) is 3.16. The van der Waals surface area contributed by atoms with Crippen molar-refractivity contribution in [2.45, 2.75) is 18.7 Å². The van der Waals surface area contributed by atoms with Crippen LogP contribution >= 0.6 is 12.6 Å². The van der Waals surface area contributed by atoms with Crippen molar-refractivity contribution in [1.29, 1.82) is 0 Å². The predicted molar refractivity (Wildman–Crippen MR) is 60.8 cm³/mol. The first-order chi connectivity index (χ1) is 7.19. The van der Waals surface area contributed by atoms with Crippen molar-refractivity contribution in [1.82, 2.24) is 0 Å². The van der Waals surface area contributed by atoms with Gasteiger partial charge >= 0.3 is 5.97 Å². The zero-order valence-corrected chi connectivity index (χ0v) is 9.71. The Labute approximate surface area is 94.8 Å². The fourth-order valence-electron chi connectivity index (χ4n) is 1.17. The lowest BCUT2D eigenvalue weighted by atomic mass is 10.2. The van der Waals surface area contributed by atoms with E-state index in [1.165, 1.54) is 0 Å². The maximum Gasteiger partial charge on any atom is 0.341 e. The van der Waals surface area contributed by atoms with Gasteiger partial charge in [-0.05, 0) is 32.0 Å². The zero-order chi connectivity index (χ0) is 11.3. The van der Waals surface area contributed by atoms with E-state index in [4.69, 9.17) is 9.47 Å².